The number of rotatable bonds is 6. The number of anilines is 1. The normalized spacial score (nSPS) is 26.3. The second-order valence-corrected chi connectivity index (χ2v) is 10.5. The minimum atomic E-state index is 0.217. The van der Waals surface area contributed by atoms with Gasteiger partial charge in [0.2, 0.25) is 5.82 Å². The molecule has 2 heterocycles. The highest BCUT2D eigenvalue weighted by atomic mass is 15.6. The molecule has 174 valence electrons. The zero-order chi connectivity index (χ0) is 21.9. The summed E-state index contributed by atoms with van der Waals surface area (Å²) in [7, 11) is 4.21. The van der Waals surface area contributed by atoms with Crippen LogP contribution in [-0.2, 0) is 0 Å². The van der Waals surface area contributed by atoms with Crippen LogP contribution in [0.1, 0.15) is 81.3 Å². The molecule has 1 atom stereocenters. The molecule has 5 rings (SSSR count). The molecule has 1 aromatic carbocycles. The monoisotopic (exact) mass is 439 g/mol. The van der Waals surface area contributed by atoms with Gasteiger partial charge in [-0.05, 0) is 61.1 Å². The Labute approximate surface area is 192 Å². The molecule has 1 aromatic heterocycles. The molecule has 7 nitrogen and oxygen atoms in total. The molecule has 32 heavy (non-hydrogen) atoms. The summed E-state index contributed by atoms with van der Waals surface area (Å²) in [5.74, 6) is 1.07. The average Bonchev–Trinajstić information content (AvgIpc) is 3.53. The maximum atomic E-state index is 4.64. The highest BCUT2D eigenvalue weighted by Gasteiger charge is 2.38. The first kappa shape index (κ1) is 21.8. The Hall–Kier alpha value is -1.99. The Bertz CT molecular complexity index is 841. The quantitative estimate of drug-likeness (QED) is 0.707. The van der Waals surface area contributed by atoms with Crippen LogP contribution in [0.5, 0.6) is 0 Å². The van der Waals surface area contributed by atoms with Gasteiger partial charge in [0.05, 0.1) is 12.1 Å². The Morgan fingerprint density at radius 2 is 1.53 bits per heavy atom. The highest BCUT2D eigenvalue weighted by molar-refractivity contribution is 5.46. The van der Waals surface area contributed by atoms with E-state index in [1.807, 2.05) is 4.90 Å². The topological polar surface area (TPSA) is 55.7 Å². The van der Waals surface area contributed by atoms with Crippen molar-refractivity contribution in [3.05, 3.63) is 35.7 Å². The van der Waals surface area contributed by atoms with Gasteiger partial charge in [0.15, 0.2) is 6.04 Å². The molecule has 2 aromatic rings. The van der Waals surface area contributed by atoms with Crippen molar-refractivity contribution in [2.24, 2.45) is 0 Å². The molecule has 2 aliphatic carbocycles. The SMILES string of the molecule is CN(C)c1ccc([C@@H](c2nnnn2C2CCCC2)[NH+]2CC[NH+](C3CCCCC3)CC2)cc1. The molecule has 0 unspecified atom stereocenters. The molecule has 2 N–H and O–H groups in total. The van der Waals surface area contributed by atoms with Crippen molar-refractivity contribution in [3.8, 4) is 0 Å². The third kappa shape index (κ3) is 4.55. The first-order valence-corrected chi connectivity index (χ1v) is 12.9. The van der Waals surface area contributed by atoms with Crippen LogP contribution in [0.15, 0.2) is 24.3 Å². The molecule has 0 spiro atoms. The Kier molecular flexibility index (Phi) is 6.74. The third-order valence-corrected chi connectivity index (χ3v) is 8.32. The van der Waals surface area contributed by atoms with Crippen molar-refractivity contribution in [1.82, 2.24) is 20.2 Å². The van der Waals surface area contributed by atoms with Gasteiger partial charge in [-0.3, -0.25) is 0 Å². The van der Waals surface area contributed by atoms with Crippen molar-refractivity contribution < 1.29 is 9.80 Å². The lowest BCUT2D eigenvalue weighted by Gasteiger charge is -2.38. The van der Waals surface area contributed by atoms with E-state index in [-0.39, 0.29) is 6.04 Å². The number of aromatic nitrogens is 4. The van der Waals surface area contributed by atoms with Crippen LogP contribution in [0.25, 0.3) is 0 Å². The number of hydrogen-bond acceptors (Lipinski definition) is 4. The molecule has 3 fully saturated rings. The number of nitrogens with zero attached hydrogens (tertiary/aromatic N) is 5. The van der Waals surface area contributed by atoms with E-state index < -0.39 is 0 Å². The van der Waals surface area contributed by atoms with Crippen LogP contribution in [0.2, 0.25) is 0 Å². The molecule has 3 aliphatic rings. The van der Waals surface area contributed by atoms with Crippen LogP contribution in [0.4, 0.5) is 5.69 Å². The molecule has 1 aliphatic heterocycles. The third-order valence-electron chi connectivity index (χ3n) is 8.32. The summed E-state index contributed by atoms with van der Waals surface area (Å²) in [6.45, 7) is 4.95. The first-order valence-electron chi connectivity index (χ1n) is 12.9. The van der Waals surface area contributed by atoms with Crippen LogP contribution in [0.3, 0.4) is 0 Å². The van der Waals surface area contributed by atoms with Gasteiger partial charge in [-0.2, -0.15) is 0 Å². The summed E-state index contributed by atoms with van der Waals surface area (Å²) >= 11 is 0. The maximum absolute atomic E-state index is 4.64. The summed E-state index contributed by atoms with van der Waals surface area (Å²) in [5.41, 5.74) is 2.59. The number of hydrogen-bond donors (Lipinski definition) is 2. The fourth-order valence-electron chi connectivity index (χ4n) is 6.43. The molecule has 0 radical (unpaired) electrons. The van der Waals surface area contributed by atoms with E-state index in [0.717, 1.165) is 11.9 Å². The lowest BCUT2D eigenvalue weighted by Crippen LogP contribution is -3.29. The van der Waals surface area contributed by atoms with Gasteiger partial charge in [0, 0.05) is 25.3 Å². The lowest BCUT2D eigenvalue weighted by molar-refractivity contribution is -1.03. The molecular weight excluding hydrogens is 398 g/mol. The van der Waals surface area contributed by atoms with E-state index in [2.05, 4.69) is 63.5 Å². The fraction of sp³-hybridized carbons (Fsp3) is 0.720. The van der Waals surface area contributed by atoms with E-state index in [1.165, 1.54) is 95.2 Å². The molecule has 7 heteroatoms. The van der Waals surface area contributed by atoms with E-state index in [0.29, 0.717) is 6.04 Å². The van der Waals surface area contributed by atoms with Crippen molar-refractivity contribution >= 4 is 5.69 Å². The summed E-state index contributed by atoms with van der Waals surface area (Å²) < 4.78 is 2.19. The van der Waals surface area contributed by atoms with Crippen molar-refractivity contribution in [1.29, 1.82) is 0 Å². The van der Waals surface area contributed by atoms with Gasteiger partial charge in [0.25, 0.3) is 0 Å². The van der Waals surface area contributed by atoms with Gasteiger partial charge >= 0.3 is 0 Å². The number of quaternary nitrogens is 2. The predicted molar refractivity (Wildman–Crippen MR) is 126 cm³/mol. The maximum Gasteiger partial charge on any atom is 0.214 e. The molecule has 0 bridgehead atoms. The van der Waals surface area contributed by atoms with Crippen LogP contribution >= 0.6 is 0 Å². The van der Waals surface area contributed by atoms with Crippen LogP contribution in [0, 0.1) is 0 Å². The van der Waals surface area contributed by atoms with Gasteiger partial charge in [-0.1, -0.05) is 31.4 Å². The number of tetrazole rings is 1. The first-order chi connectivity index (χ1) is 15.7. The smallest absolute Gasteiger partial charge is 0.214 e. The second-order valence-electron chi connectivity index (χ2n) is 10.5. The van der Waals surface area contributed by atoms with Gasteiger partial charge in [0.1, 0.15) is 26.2 Å². The van der Waals surface area contributed by atoms with E-state index in [1.54, 1.807) is 4.90 Å². The number of nitrogens with one attached hydrogen (secondary N) is 2. The predicted octanol–water partition coefficient (Wildman–Crippen LogP) is 1.06. The van der Waals surface area contributed by atoms with Gasteiger partial charge < -0.3 is 14.7 Å². The summed E-state index contributed by atoms with van der Waals surface area (Å²) in [6, 6.07) is 10.7. The molecular formula is C25H41N7+2. The molecule has 1 saturated heterocycles. The zero-order valence-corrected chi connectivity index (χ0v) is 20.0. The van der Waals surface area contributed by atoms with Crippen molar-refractivity contribution in [3.63, 3.8) is 0 Å². The largest absolute Gasteiger partial charge is 0.378 e. The average molecular weight is 440 g/mol. The number of piperazine rings is 1. The van der Waals surface area contributed by atoms with Crippen molar-refractivity contribution in [2.45, 2.75) is 75.9 Å². The summed E-state index contributed by atoms with van der Waals surface area (Å²) in [5, 5.41) is 13.3. The van der Waals surface area contributed by atoms with Crippen molar-refractivity contribution in [2.75, 3.05) is 45.2 Å². The minimum Gasteiger partial charge on any atom is -0.378 e. The lowest BCUT2D eigenvalue weighted by atomic mass is 9.93. The van der Waals surface area contributed by atoms with E-state index in [9.17, 15) is 0 Å². The minimum absolute atomic E-state index is 0.217. The Morgan fingerprint density at radius 1 is 0.875 bits per heavy atom. The highest BCUT2D eigenvalue weighted by Crippen LogP contribution is 2.31. The Morgan fingerprint density at radius 3 is 2.19 bits per heavy atom. The summed E-state index contributed by atoms with van der Waals surface area (Å²) in [4.78, 5) is 5.65. The standard InChI is InChI=1S/C25H39N7/c1-29(2)21-14-12-20(13-15-21)24(25-26-27-28-32(25)23-10-6-7-11-23)31-18-16-30(17-19-31)22-8-4-3-5-9-22/h12-15,22-24H,3-11,16-19H2,1-2H3/p+2/t24-/m0/s1. The fourth-order valence-corrected chi connectivity index (χ4v) is 6.43. The molecule has 0 amide bonds. The van der Waals surface area contributed by atoms with Crippen LogP contribution < -0.4 is 14.7 Å². The summed E-state index contributed by atoms with van der Waals surface area (Å²) in [6.07, 6.45) is 12.2. The second kappa shape index (κ2) is 9.87. The molecule has 2 saturated carbocycles. The zero-order valence-electron chi connectivity index (χ0n) is 20.0. The van der Waals surface area contributed by atoms with Gasteiger partial charge in [-0.15, -0.1) is 5.10 Å². The van der Waals surface area contributed by atoms with E-state index >= 15 is 0 Å². The van der Waals surface area contributed by atoms with Crippen LogP contribution in [-0.4, -0.2) is 66.5 Å². The Balaban J connectivity index is 1.40. The number of benzene rings is 1. The van der Waals surface area contributed by atoms with E-state index in [4.69, 9.17) is 0 Å². The van der Waals surface area contributed by atoms with Gasteiger partial charge in [-0.25, -0.2) is 4.68 Å².